The van der Waals surface area contributed by atoms with E-state index in [4.69, 9.17) is 4.42 Å². The van der Waals surface area contributed by atoms with Crippen molar-refractivity contribution in [2.24, 2.45) is 0 Å². The van der Waals surface area contributed by atoms with Gasteiger partial charge in [0.15, 0.2) is 0 Å². The monoisotopic (exact) mass is 1020 g/mol. The second kappa shape index (κ2) is 14.7. The highest BCUT2D eigenvalue weighted by Crippen LogP contribution is 2.51. The molecule has 1 aromatic heterocycles. The van der Waals surface area contributed by atoms with Gasteiger partial charge in [0.2, 0.25) is 39.3 Å². The lowest BCUT2D eigenvalue weighted by Gasteiger charge is -2.29. The standard InChI is InChI=1S/C30H6F20O9S4/c31-15-11(16(32)20(36)13(19(15)35)25(60(51,52)27(39,40)41)61(53,54)28(42,43)44)9-5-1-3-7-8-4-2-6-10(24(8)59-23(7)9)12-17(33)21(37)14(22(38)18(12)34)26(62(55,56)29(45,46)47)63(57,58)30(48,49)50/h1-6H/q-2. The molecule has 0 saturated heterocycles. The van der Waals surface area contributed by atoms with Crippen LogP contribution in [0.1, 0.15) is 11.1 Å². The number of para-hydroxylation sites is 2. The Bertz CT molecular complexity index is 2860. The fourth-order valence-corrected chi connectivity index (χ4v) is 11.6. The molecule has 0 bridgehead atoms. The Morgan fingerprint density at radius 1 is 0.365 bits per heavy atom. The molecule has 0 radical (unpaired) electrons. The number of rotatable bonds is 8. The molecular formula is C30H6F20O9S4-2. The van der Waals surface area contributed by atoms with Crippen LogP contribution in [0.3, 0.4) is 0 Å². The Kier molecular flexibility index (Phi) is 11.4. The van der Waals surface area contributed by atoms with Crippen LogP contribution in [0.25, 0.3) is 44.2 Å². The van der Waals surface area contributed by atoms with Crippen LogP contribution < -0.4 is 0 Å². The minimum atomic E-state index is -8.12. The predicted octanol–water partition coefficient (Wildman–Crippen LogP) is 9.45. The van der Waals surface area contributed by atoms with Gasteiger partial charge in [0, 0.05) is 33.0 Å². The van der Waals surface area contributed by atoms with Crippen LogP contribution >= 0.6 is 0 Å². The molecule has 0 saturated carbocycles. The van der Waals surface area contributed by atoms with Crippen LogP contribution in [0.2, 0.25) is 0 Å². The van der Waals surface area contributed by atoms with Crippen molar-refractivity contribution >= 4 is 61.3 Å². The van der Waals surface area contributed by atoms with Crippen molar-refractivity contribution in [2.45, 2.75) is 22.0 Å². The van der Waals surface area contributed by atoms with Crippen molar-refractivity contribution < 1.29 is 126 Å². The summed E-state index contributed by atoms with van der Waals surface area (Å²) in [6.07, 6.45) is 0. The molecule has 0 aliphatic carbocycles. The van der Waals surface area contributed by atoms with Crippen molar-refractivity contribution in [3.8, 4) is 22.3 Å². The van der Waals surface area contributed by atoms with Crippen LogP contribution in [0, 0.1) is 55.7 Å². The first-order valence-corrected chi connectivity index (χ1v) is 20.8. The maximum Gasteiger partial charge on any atom is 0.491 e. The van der Waals surface area contributed by atoms with Gasteiger partial charge in [-0.05, 0) is 0 Å². The first-order valence-electron chi connectivity index (χ1n) is 14.9. The minimum absolute atomic E-state index is 0.322. The minimum Gasteiger partial charge on any atom is -0.455 e. The van der Waals surface area contributed by atoms with E-state index in [2.05, 4.69) is 0 Å². The second-order valence-electron chi connectivity index (χ2n) is 11.9. The molecule has 33 heteroatoms. The van der Waals surface area contributed by atoms with Gasteiger partial charge in [0.25, 0.3) is 0 Å². The molecule has 1 heterocycles. The van der Waals surface area contributed by atoms with Crippen molar-refractivity contribution in [2.75, 3.05) is 0 Å². The van der Waals surface area contributed by atoms with E-state index in [1.54, 1.807) is 0 Å². The van der Waals surface area contributed by atoms with Gasteiger partial charge in [-0.25, -0.2) is 51.2 Å². The van der Waals surface area contributed by atoms with Crippen LogP contribution in [0.5, 0.6) is 0 Å². The van der Waals surface area contributed by atoms with Crippen molar-refractivity contribution in [3.63, 3.8) is 0 Å². The fourth-order valence-electron chi connectivity index (χ4n) is 5.56. The van der Waals surface area contributed by atoms with Crippen LogP contribution in [-0.4, -0.2) is 55.7 Å². The first-order chi connectivity index (χ1) is 28.2. The van der Waals surface area contributed by atoms with E-state index >= 15 is 35.1 Å². The summed E-state index contributed by atoms with van der Waals surface area (Å²) in [4.78, 5) is 0. The number of hydrogen-bond acceptors (Lipinski definition) is 9. The normalized spacial score (nSPS) is 13.9. The van der Waals surface area contributed by atoms with Crippen LogP contribution in [-0.2, 0) is 39.3 Å². The van der Waals surface area contributed by atoms with Gasteiger partial charge in [-0.1, -0.05) is 47.5 Å². The van der Waals surface area contributed by atoms with E-state index < -0.39 is 172 Å². The topological polar surface area (TPSA) is 150 Å². The molecule has 0 atom stereocenters. The summed E-state index contributed by atoms with van der Waals surface area (Å²) < 4.78 is 377. The van der Waals surface area contributed by atoms with Crippen molar-refractivity contribution in [1.82, 2.24) is 0 Å². The summed E-state index contributed by atoms with van der Waals surface area (Å²) in [5.41, 5.74) is -46.0. The van der Waals surface area contributed by atoms with Gasteiger partial charge in [0.05, 0.1) is 32.4 Å². The van der Waals surface area contributed by atoms with Gasteiger partial charge >= 0.3 is 22.0 Å². The molecule has 9 nitrogen and oxygen atoms in total. The largest absolute Gasteiger partial charge is 0.491 e. The molecule has 4 aromatic carbocycles. The summed E-state index contributed by atoms with van der Waals surface area (Å²) in [6, 6.07) is 3.34. The lowest BCUT2D eigenvalue weighted by Crippen LogP contribution is -2.41. The lowest BCUT2D eigenvalue weighted by atomic mass is 9.97. The van der Waals surface area contributed by atoms with E-state index in [-0.39, 0.29) is 0 Å². The summed E-state index contributed by atoms with van der Waals surface area (Å²) >= 11 is 0. The molecule has 0 spiro atoms. The number of furan rings is 1. The second-order valence-corrected chi connectivity index (χ2v) is 19.9. The van der Waals surface area contributed by atoms with Gasteiger partial charge in [-0.15, -0.1) is 0 Å². The van der Waals surface area contributed by atoms with Gasteiger partial charge in [-0.3, -0.25) is 17.6 Å². The Morgan fingerprint density at radius 3 is 0.794 bits per heavy atom. The fraction of sp³-hybridized carbons (Fsp3) is 0.133. The molecule has 0 aliphatic heterocycles. The highest BCUT2D eigenvalue weighted by atomic mass is 32.3. The average Bonchev–Trinajstić information content (AvgIpc) is 3.51. The highest BCUT2D eigenvalue weighted by molar-refractivity contribution is 8.14. The third-order valence-corrected chi connectivity index (χ3v) is 16.0. The molecule has 63 heavy (non-hydrogen) atoms. The summed E-state index contributed by atoms with van der Waals surface area (Å²) in [5.74, 6) is -27.0. The summed E-state index contributed by atoms with van der Waals surface area (Å²) in [5, 5.41) is -1.47. The third-order valence-electron chi connectivity index (χ3n) is 8.19. The molecule has 5 aromatic rings. The highest BCUT2D eigenvalue weighted by Gasteiger charge is 2.62. The number of alkyl halides is 12. The van der Waals surface area contributed by atoms with Crippen molar-refractivity contribution in [3.05, 3.63) is 103 Å². The molecule has 0 aliphatic rings. The van der Waals surface area contributed by atoms with E-state index in [1.807, 2.05) is 0 Å². The molecule has 0 N–H and O–H groups in total. The SMILES string of the molecule is O=S(=O)([C-](c1c(F)c(F)c(-c2cccc3c2oc2c(-c4c(F)c(F)c([C-](S(=O)(=O)C(F)(F)F)S(=O)(=O)C(F)(F)F)c(F)c4F)cccc23)c(F)c1F)S(=O)(=O)C(F)(F)F)C(F)(F)F. The lowest BCUT2D eigenvalue weighted by molar-refractivity contribution is -0.0464. The van der Waals surface area contributed by atoms with Crippen molar-refractivity contribution in [1.29, 1.82) is 0 Å². The Hall–Kier alpha value is -5.18. The number of benzene rings is 4. The van der Waals surface area contributed by atoms with Crippen LogP contribution in [0.15, 0.2) is 40.8 Å². The number of sulfone groups is 4. The molecule has 0 unspecified atom stereocenters. The first kappa shape index (κ1) is 48.8. The van der Waals surface area contributed by atoms with Crippen LogP contribution in [0.4, 0.5) is 87.8 Å². The number of hydrogen-bond donors (Lipinski definition) is 0. The van der Waals surface area contributed by atoms with E-state index in [0.29, 0.717) is 24.3 Å². The molecule has 0 amide bonds. The predicted molar refractivity (Wildman–Crippen MR) is 169 cm³/mol. The molecular weight excluding hydrogens is 1010 g/mol. The Labute approximate surface area is 334 Å². The zero-order valence-electron chi connectivity index (χ0n) is 28.3. The smallest absolute Gasteiger partial charge is 0.455 e. The van der Waals surface area contributed by atoms with E-state index in [1.165, 1.54) is 0 Å². The average molecular weight is 1020 g/mol. The maximum absolute atomic E-state index is 15.7. The van der Waals surface area contributed by atoms with E-state index in [9.17, 15) is 86.4 Å². The van der Waals surface area contributed by atoms with E-state index in [0.717, 1.165) is 12.1 Å². The molecule has 5 rings (SSSR count). The zero-order valence-corrected chi connectivity index (χ0v) is 31.6. The summed E-state index contributed by atoms with van der Waals surface area (Å²) in [7, 11) is -32.5. The quantitative estimate of drug-likeness (QED) is 0.0842. The van der Waals surface area contributed by atoms with Gasteiger partial charge in [-0.2, -0.15) is 52.7 Å². The Balaban J connectivity index is 1.87. The molecule has 0 fully saturated rings. The van der Waals surface area contributed by atoms with Gasteiger partial charge < -0.3 is 4.42 Å². The third kappa shape index (κ3) is 7.12. The maximum atomic E-state index is 15.7. The molecule has 346 valence electrons. The zero-order chi connectivity index (χ0) is 48.5. The Morgan fingerprint density at radius 2 is 0.587 bits per heavy atom. The number of halogens is 20. The summed E-state index contributed by atoms with van der Waals surface area (Å²) in [6.45, 7) is 0. The number of fused-ring (bicyclic) bond motifs is 3. The van der Waals surface area contributed by atoms with Gasteiger partial charge in [0.1, 0.15) is 34.4 Å².